The second-order valence-corrected chi connectivity index (χ2v) is 11.5. The topological polar surface area (TPSA) is 15.3 Å². The molecule has 4 heteroatoms. The molecule has 0 saturated carbocycles. The molecule has 0 amide bonds. The van der Waals surface area contributed by atoms with Crippen LogP contribution in [-0.4, -0.2) is 18.7 Å². The number of hydrogen-bond donors (Lipinski definition) is 1. The Morgan fingerprint density at radius 3 is 2.42 bits per heavy atom. The number of benzene rings is 4. The van der Waals surface area contributed by atoms with E-state index in [2.05, 4.69) is 127 Å². The minimum atomic E-state index is 0.145. The second kappa shape index (κ2) is 8.36. The highest BCUT2D eigenvalue weighted by Crippen LogP contribution is 2.48. The van der Waals surface area contributed by atoms with Gasteiger partial charge in [0.2, 0.25) is 5.37 Å². The minimum absolute atomic E-state index is 0.145. The first kappa shape index (κ1) is 20.5. The fourth-order valence-electron chi connectivity index (χ4n) is 4.67. The summed E-state index contributed by atoms with van der Waals surface area (Å²) >= 11 is 1.84. The zero-order valence-corrected chi connectivity index (χ0v) is 20.3. The second-order valence-electron chi connectivity index (χ2n) is 8.35. The van der Waals surface area contributed by atoms with Crippen LogP contribution in [0, 0.1) is 0 Å². The van der Waals surface area contributed by atoms with Crippen LogP contribution in [0.1, 0.15) is 0 Å². The third-order valence-electron chi connectivity index (χ3n) is 6.40. The molecule has 2 aliphatic heterocycles. The van der Waals surface area contributed by atoms with E-state index in [0.29, 0.717) is 5.37 Å². The van der Waals surface area contributed by atoms with Crippen LogP contribution in [-0.2, 0) is 10.9 Å². The lowest BCUT2D eigenvalue weighted by Gasteiger charge is -2.15. The van der Waals surface area contributed by atoms with Gasteiger partial charge in [-0.3, -0.25) is 0 Å². The number of thioether (sulfide) groups is 1. The summed E-state index contributed by atoms with van der Waals surface area (Å²) in [6, 6.07) is 26.2. The van der Waals surface area contributed by atoms with Gasteiger partial charge in [-0.25, -0.2) is 0 Å². The van der Waals surface area contributed by atoms with Gasteiger partial charge in [0, 0.05) is 22.7 Å². The van der Waals surface area contributed by atoms with E-state index in [1.165, 1.54) is 47.7 Å². The van der Waals surface area contributed by atoms with Crippen LogP contribution >= 0.6 is 11.8 Å². The summed E-state index contributed by atoms with van der Waals surface area (Å²) < 4.78 is 0. The Kier molecular flexibility index (Phi) is 5.20. The van der Waals surface area contributed by atoms with Crippen molar-refractivity contribution in [2.75, 3.05) is 23.5 Å². The van der Waals surface area contributed by atoms with E-state index in [0.717, 1.165) is 0 Å². The van der Waals surface area contributed by atoms with Crippen LogP contribution in [0.4, 0.5) is 11.4 Å². The maximum Gasteiger partial charge on any atom is 0.213 e. The highest BCUT2D eigenvalue weighted by atomic mass is 32.2. The predicted octanol–water partition coefficient (Wildman–Crippen LogP) is 7.55. The SMILES string of the molecule is CN1\C(=C/C=C/C=C/C2Nc3c(ccc4ccccc34)[S+]2C)Sc2ccc3ccccc3c21. The van der Waals surface area contributed by atoms with Crippen molar-refractivity contribution < 1.29 is 0 Å². The molecule has 2 aliphatic rings. The van der Waals surface area contributed by atoms with Gasteiger partial charge in [-0.2, -0.15) is 0 Å². The Hall–Kier alpha value is -3.08. The molecular weight excluding hydrogens is 440 g/mol. The molecule has 0 saturated heterocycles. The summed E-state index contributed by atoms with van der Waals surface area (Å²) in [6.45, 7) is 0. The smallest absolute Gasteiger partial charge is 0.213 e. The number of hydrogen-bond acceptors (Lipinski definition) is 3. The molecule has 0 aromatic heterocycles. The Balaban J connectivity index is 1.18. The van der Waals surface area contributed by atoms with Crippen molar-refractivity contribution in [2.24, 2.45) is 0 Å². The van der Waals surface area contributed by atoms with Gasteiger partial charge in [-0.1, -0.05) is 84.6 Å². The molecule has 2 nitrogen and oxygen atoms in total. The molecule has 4 aromatic carbocycles. The zero-order chi connectivity index (χ0) is 22.4. The summed E-state index contributed by atoms with van der Waals surface area (Å²) in [7, 11) is 2.31. The number of nitrogens with one attached hydrogen (secondary N) is 1. The van der Waals surface area contributed by atoms with E-state index in [1.54, 1.807) is 0 Å². The first-order chi connectivity index (χ1) is 16.2. The molecule has 0 radical (unpaired) electrons. The fraction of sp³-hybridized carbons (Fsp3) is 0.103. The standard InChI is InChI=1S/C29H25N2S2/c1-31-27(32-24-18-16-21-11-7-9-13-23(21)29(24)31)15-5-3-4-14-26-30-28-22-12-8-6-10-20(22)17-19-25(28)33(26)2/h3-19,26,30H,1-2H3/q+1/b5-3+,14-4+,27-15+. The average molecular weight is 466 g/mol. The molecule has 0 bridgehead atoms. The van der Waals surface area contributed by atoms with Crippen molar-refractivity contribution in [1.82, 2.24) is 0 Å². The lowest BCUT2D eigenvalue weighted by molar-refractivity contribution is 1.19. The highest BCUT2D eigenvalue weighted by molar-refractivity contribution is 8.03. The van der Waals surface area contributed by atoms with E-state index in [4.69, 9.17) is 0 Å². The molecule has 0 aliphatic carbocycles. The van der Waals surface area contributed by atoms with Gasteiger partial charge in [-0.05, 0) is 41.1 Å². The van der Waals surface area contributed by atoms with Crippen molar-refractivity contribution in [2.45, 2.75) is 15.2 Å². The van der Waals surface area contributed by atoms with Crippen LogP contribution in [0.25, 0.3) is 21.5 Å². The van der Waals surface area contributed by atoms with Gasteiger partial charge in [-0.15, -0.1) is 0 Å². The van der Waals surface area contributed by atoms with Gasteiger partial charge in [0.25, 0.3) is 0 Å². The van der Waals surface area contributed by atoms with Crippen LogP contribution in [0.2, 0.25) is 0 Å². The third kappa shape index (κ3) is 3.54. The highest BCUT2D eigenvalue weighted by Gasteiger charge is 2.37. The maximum atomic E-state index is 3.76. The first-order valence-corrected chi connectivity index (χ1v) is 13.6. The summed E-state index contributed by atoms with van der Waals surface area (Å²) in [5, 5.41) is 10.6. The van der Waals surface area contributed by atoms with E-state index >= 15 is 0 Å². The third-order valence-corrected chi connectivity index (χ3v) is 9.64. The van der Waals surface area contributed by atoms with Gasteiger partial charge in [0.1, 0.15) is 11.9 Å². The van der Waals surface area contributed by atoms with Crippen LogP contribution in [0.5, 0.6) is 0 Å². The first-order valence-electron chi connectivity index (χ1n) is 11.1. The Labute approximate surface area is 202 Å². The van der Waals surface area contributed by atoms with Crippen molar-refractivity contribution >= 4 is 55.6 Å². The monoisotopic (exact) mass is 465 g/mol. The number of anilines is 2. The van der Waals surface area contributed by atoms with E-state index < -0.39 is 0 Å². The molecule has 2 atom stereocenters. The molecule has 4 aromatic rings. The summed E-state index contributed by atoms with van der Waals surface area (Å²) in [4.78, 5) is 5.06. The molecule has 1 N–H and O–H groups in total. The van der Waals surface area contributed by atoms with Gasteiger partial charge < -0.3 is 10.2 Å². The lowest BCUT2D eigenvalue weighted by atomic mass is 10.1. The molecule has 6 rings (SSSR count). The van der Waals surface area contributed by atoms with Crippen LogP contribution in [0.15, 0.2) is 118 Å². The number of fused-ring (bicyclic) bond motifs is 6. The van der Waals surface area contributed by atoms with Gasteiger partial charge in [0.15, 0.2) is 4.90 Å². The molecule has 162 valence electrons. The van der Waals surface area contributed by atoms with Crippen LogP contribution in [0.3, 0.4) is 0 Å². The number of nitrogens with zero attached hydrogens (tertiary/aromatic N) is 1. The Morgan fingerprint density at radius 1 is 0.848 bits per heavy atom. The largest absolute Gasteiger partial charge is 0.338 e. The quantitative estimate of drug-likeness (QED) is 0.248. The zero-order valence-electron chi connectivity index (χ0n) is 18.7. The molecular formula is C29H25N2S2+. The lowest BCUT2D eigenvalue weighted by Crippen LogP contribution is -2.18. The van der Waals surface area contributed by atoms with Gasteiger partial charge >= 0.3 is 0 Å². The van der Waals surface area contributed by atoms with Crippen molar-refractivity contribution in [3.63, 3.8) is 0 Å². The van der Waals surface area contributed by atoms with Crippen molar-refractivity contribution in [3.8, 4) is 0 Å². The molecule has 0 fully saturated rings. The van der Waals surface area contributed by atoms with Crippen LogP contribution < -0.4 is 10.2 Å². The Morgan fingerprint density at radius 2 is 1.58 bits per heavy atom. The summed E-state index contributed by atoms with van der Waals surface area (Å²) in [5.74, 6) is 0. The normalized spacial score (nSPS) is 20.9. The summed E-state index contributed by atoms with van der Waals surface area (Å²) in [5.41, 5.74) is 2.61. The maximum absolute atomic E-state index is 3.76. The van der Waals surface area contributed by atoms with E-state index in [-0.39, 0.29) is 10.9 Å². The predicted molar refractivity (Wildman–Crippen MR) is 147 cm³/mol. The minimum Gasteiger partial charge on any atom is -0.338 e. The van der Waals surface area contributed by atoms with E-state index in [1.807, 2.05) is 11.8 Å². The Bertz CT molecular complexity index is 1470. The van der Waals surface area contributed by atoms with Crippen molar-refractivity contribution in [1.29, 1.82) is 0 Å². The van der Waals surface area contributed by atoms with Crippen molar-refractivity contribution in [3.05, 3.63) is 108 Å². The number of allylic oxidation sites excluding steroid dienone is 4. The number of rotatable bonds is 3. The average Bonchev–Trinajstić information content (AvgIpc) is 3.35. The molecule has 2 heterocycles. The summed E-state index contributed by atoms with van der Waals surface area (Å²) in [6.07, 6.45) is 13.3. The fourth-order valence-corrected chi connectivity index (χ4v) is 7.42. The molecule has 2 unspecified atom stereocenters. The molecule has 33 heavy (non-hydrogen) atoms. The van der Waals surface area contributed by atoms with Gasteiger partial charge in [0.05, 0.1) is 21.6 Å². The van der Waals surface area contributed by atoms with E-state index in [9.17, 15) is 0 Å². The molecule has 0 spiro atoms.